The minimum absolute atomic E-state index is 0.147. The number of hydrogen-bond acceptors (Lipinski definition) is 3. The Balaban J connectivity index is 1.56. The van der Waals surface area contributed by atoms with Gasteiger partial charge in [0.25, 0.3) is 0 Å². The molecule has 3 aromatic rings. The van der Waals surface area contributed by atoms with E-state index in [-0.39, 0.29) is 17.4 Å². The van der Waals surface area contributed by atoms with E-state index in [0.717, 1.165) is 21.2 Å². The van der Waals surface area contributed by atoms with Crippen LogP contribution in [0.3, 0.4) is 0 Å². The average molecular weight is 439 g/mol. The van der Waals surface area contributed by atoms with Gasteiger partial charge in [-0.25, -0.2) is 4.39 Å². The van der Waals surface area contributed by atoms with Crippen LogP contribution in [0, 0.1) is 12.7 Å². The summed E-state index contributed by atoms with van der Waals surface area (Å²) in [7, 11) is 0. The lowest BCUT2D eigenvalue weighted by Gasteiger charge is -2.11. The summed E-state index contributed by atoms with van der Waals surface area (Å²) < 4.78 is 25.7. The molecule has 1 heterocycles. The van der Waals surface area contributed by atoms with Crippen molar-refractivity contribution in [2.45, 2.75) is 13.5 Å². The molecular weight excluding hydrogens is 423 g/mol. The predicted molar refractivity (Wildman–Crippen MR) is 109 cm³/mol. The number of rotatable bonds is 4. The summed E-state index contributed by atoms with van der Waals surface area (Å²) in [5.41, 5.74) is 3.01. The second-order valence-electron chi connectivity index (χ2n) is 6.47. The molecule has 140 valence electrons. The van der Waals surface area contributed by atoms with Crippen LogP contribution in [-0.2, 0) is 6.61 Å². The Morgan fingerprint density at radius 2 is 1.75 bits per heavy atom. The monoisotopic (exact) mass is 438 g/mol. The predicted octanol–water partition coefficient (Wildman–Crippen LogP) is 6.09. The summed E-state index contributed by atoms with van der Waals surface area (Å²) in [6, 6.07) is 17.3. The lowest BCUT2D eigenvalue weighted by molar-refractivity contribution is 0.101. The van der Waals surface area contributed by atoms with Crippen LogP contribution in [0.5, 0.6) is 11.5 Å². The molecule has 0 bridgehead atoms. The van der Waals surface area contributed by atoms with Crippen LogP contribution in [0.4, 0.5) is 4.39 Å². The highest BCUT2D eigenvalue weighted by atomic mass is 79.9. The molecule has 4 rings (SSSR count). The number of carbonyl (C=O) groups is 1. The normalized spacial score (nSPS) is 14.1. The van der Waals surface area contributed by atoms with Gasteiger partial charge in [-0.3, -0.25) is 4.79 Å². The molecule has 0 spiro atoms. The second-order valence-corrected chi connectivity index (χ2v) is 7.39. The number of hydrogen-bond donors (Lipinski definition) is 0. The zero-order valence-corrected chi connectivity index (χ0v) is 16.6. The fraction of sp³-hybridized carbons (Fsp3) is 0.0870. The molecule has 0 fully saturated rings. The highest BCUT2D eigenvalue weighted by Gasteiger charge is 2.30. The van der Waals surface area contributed by atoms with E-state index in [0.29, 0.717) is 23.7 Å². The van der Waals surface area contributed by atoms with Crippen LogP contribution in [0.15, 0.2) is 70.9 Å². The van der Waals surface area contributed by atoms with Crippen LogP contribution >= 0.6 is 15.9 Å². The van der Waals surface area contributed by atoms with Gasteiger partial charge in [0, 0.05) is 10.0 Å². The summed E-state index contributed by atoms with van der Waals surface area (Å²) >= 11 is 3.39. The van der Waals surface area contributed by atoms with E-state index in [9.17, 15) is 9.18 Å². The lowest BCUT2D eigenvalue weighted by atomic mass is 10.1. The van der Waals surface area contributed by atoms with Crippen molar-refractivity contribution < 1.29 is 18.7 Å². The molecule has 1 aliphatic rings. The molecule has 0 atom stereocenters. The van der Waals surface area contributed by atoms with Gasteiger partial charge < -0.3 is 9.47 Å². The Kier molecular flexibility index (Phi) is 5.01. The van der Waals surface area contributed by atoms with Crippen molar-refractivity contribution in [1.82, 2.24) is 0 Å². The van der Waals surface area contributed by atoms with Gasteiger partial charge in [0.15, 0.2) is 5.76 Å². The van der Waals surface area contributed by atoms with Gasteiger partial charge in [-0.2, -0.15) is 0 Å². The molecule has 0 unspecified atom stereocenters. The molecule has 1 aliphatic heterocycles. The Morgan fingerprint density at radius 1 is 1.04 bits per heavy atom. The molecule has 28 heavy (non-hydrogen) atoms. The first kappa shape index (κ1) is 18.4. The summed E-state index contributed by atoms with van der Waals surface area (Å²) in [4.78, 5) is 12.7. The first-order valence-electron chi connectivity index (χ1n) is 8.72. The molecule has 0 radical (unpaired) electrons. The molecule has 3 aromatic carbocycles. The molecular formula is C23H16BrFO3. The van der Waals surface area contributed by atoms with E-state index in [4.69, 9.17) is 9.47 Å². The number of ether oxygens (including phenoxy) is 2. The van der Waals surface area contributed by atoms with E-state index in [1.54, 1.807) is 30.3 Å². The van der Waals surface area contributed by atoms with Gasteiger partial charge in [-0.15, -0.1) is 0 Å². The van der Waals surface area contributed by atoms with Crippen molar-refractivity contribution in [3.8, 4) is 11.5 Å². The minimum Gasteiger partial charge on any atom is -0.488 e. The maximum atomic E-state index is 13.0. The first-order valence-corrected chi connectivity index (χ1v) is 9.51. The number of ketones is 1. The Bertz CT molecular complexity index is 1070. The largest absolute Gasteiger partial charge is 0.488 e. The van der Waals surface area contributed by atoms with E-state index < -0.39 is 0 Å². The molecule has 3 nitrogen and oxygen atoms in total. The summed E-state index contributed by atoms with van der Waals surface area (Å²) in [6.07, 6.45) is 1.73. The highest BCUT2D eigenvalue weighted by molar-refractivity contribution is 9.10. The standard InChI is InChI=1S/C23H16BrFO3/c1-14-20(27-13-16-4-8-18(25)9-5-16)11-10-19-22(26)21(28-23(14)19)12-15-2-6-17(24)7-3-15/h2-12H,13H2,1H3/b21-12-. The van der Waals surface area contributed by atoms with Gasteiger partial charge in [0.2, 0.25) is 5.78 Å². The van der Waals surface area contributed by atoms with Crippen molar-refractivity contribution in [3.63, 3.8) is 0 Å². The SMILES string of the molecule is Cc1c(OCc2ccc(F)cc2)ccc2c1O/C(=C\c1ccc(Br)cc1)C2=O. The molecule has 0 saturated carbocycles. The van der Waals surface area contributed by atoms with E-state index >= 15 is 0 Å². The van der Waals surface area contributed by atoms with Gasteiger partial charge >= 0.3 is 0 Å². The zero-order valence-electron chi connectivity index (χ0n) is 15.0. The van der Waals surface area contributed by atoms with Crippen LogP contribution in [-0.4, -0.2) is 5.78 Å². The Hall–Kier alpha value is -2.92. The third kappa shape index (κ3) is 3.71. The number of halogens is 2. The quantitative estimate of drug-likeness (QED) is 0.462. The summed E-state index contributed by atoms with van der Waals surface area (Å²) in [6.45, 7) is 2.16. The van der Waals surface area contributed by atoms with Gasteiger partial charge in [0.05, 0.1) is 5.56 Å². The van der Waals surface area contributed by atoms with Crippen molar-refractivity contribution in [2.75, 3.05) is 0 Å². The first-order chi connectivity index (χ1) is 13.5. The van der Waals surface area contributed by atoms with E-state index in [1.165, 1.54) is 12.1 Å². The molecule has 0 saturated heterocycles. The maximum absolute atomic E-state index is 13.0. The smallest absolute Gasteiger partial charge is 0.231 e. The van der Waals surface area contributed by atoms with Crippen molar-refractivity contribution >= 4 is 27.8 Å². The number of Topliss-reactive ketones (excluding diaryl/α,β-unsaturated/α-hetero) is 1. The second kappa shape index (κ2) is 7.60. The number of benzene rings is 3. The third-order valence-corrected chi connectivity index (χ3v) is 5.04. The summed E-state index contributed by atoms with van der Waals surface area (Å²) in [5, 5.41) is 0. The van der Waals surface area contributed by atoms with Crippen LogP contribution in [0.2, 0.25) is 0 Å². The molecule has 5 heteroatoms. The van der Waals surface area contributed by atoms with Gasteiger partial charge in [0.1, 0.15) is 23.9 Å². The van der Waals surface area contributed by atoms with E-state index in [2.05, 4.69) is 15.9 Å². The van der Waals surface area contributed by atoms with Crippen molar-refractivity contribution in [3.05, 3.63) is 99.0 Å². The van der Waals surface area contributed by atoms with E-state index in [1.807, 2.05) is 31.2 Å². The van der Waals surface area contributed by atoms with Crippen LogP contribution in [0.1, 0.15) is 27.0 Å². The van der Waals surface area contributed by atoms with Crippen LogP contribution in [0.25, 0.3) is 6.08 Å². The Labute approximate surface area is 170 Å². The van der Waals surface area contributed by atoms with Crippen LogP contribution < -0.4 is 9.47 Å². The zero-order chi connectivity index (χ0) is 19.7. The number of fused-ring (bicyclic) bond motifs is 1. The van der Waals surface area contributed by atoms with Gasteiger partial charge in [-0.05, 0) is 60.5 Å². The lowest BCUT2D eigenvalue weighted by Crippen LogP contribution is -1.98. The van der Waals surface area contributed by atoms with Crippen molar-refractivity contribution in [2.24, 2.45) is 0 Å². The topological polar surface area (TPSA) is 35.5 Å². The Morgan fingerprint density at radius 3 is 2.46 bits per heavy atom. The number of allylic oxidation sites excluding steroid dienone is 1. The van der Waals surface area contributed by atoms with Gasteiger partial charge in [-0.1, -0.05) is 40.2 Å². The average Bonchev–Trinajstić information content (AvgIpc) is 3.01. The maximum Gasteiger partial charge on any atom is 0.231 e. The highest BCUT2D eigenvalue weighted by Crippen LogP contribution is 2.39. The molecule has 0 aromatic heterocycles. The molecule has 0 amide bonds. The summed E-state index contributed by atoms with van der Waals surface area (Å²) in [5.74, 6) is 1.00. The fourth-order valence-corrected chi connectivity index (χ4v) is 3.24. The number of carbonyl (C=O) groups excluding carboxylic acids is 1. The third-order valence-electron chi connectivity index (χ3n) is 4.51. The molecule has 0 N–H and O–H groups in total. The fourth-order valence-electron chi connectivity index (χ4n) is 2.98. The minimum atomic E-state index is -0.283. The van der Waals surface area contributed by atoms with Crippen molar-refractivity contribution in [1.29, 1.82) is 0 Å². The molecule has 0 aliphatic carbocycles.